The van der Waals surface area contributed by atoms with Crippen molar-refractivity contribution in [2.75, 3.05) is 0 Å². The molecule has 6 heteroatoms. The van der Waals surface area contributed by atoms with Gasteiger partial charge in [-0.1, -0.05) is 12.1 Å². The Morgan fingerprint density at radius 3 is 2.46 bits per heavy atom. The second-order valence-electron chi connectivity index (χ2n) is 6.42. The first-order valence-electron chi connectivity index (χ1n) is 8.41. The van der Waals surface area contributed by atoms with Gasteiger partial charge in [0.2, 0.25) is 0 Å². The Morgan fingerprint density at radius 1 is 0.731 bits per heavy atom. The van der Waals surface area contributed by atoms with Gasteiger partial charge in [-0.15, -0.1) is 0 Å². The molecule has 6 nitrogen and oxygen atoms in total. The number of nitrogens with zero attached hydrogens (tertiary/aromatic N) is 4. The molecule has 26 heavy (non-hydrogen) atoms. The zero-order valence-electron chi connectivity index (χ0n) is 14.4. The van der Waals surface area contributed by atoms with Crippen molar-refractivity contribution < 1.29 is 0 Å². The smallest absolute Gasteiger partial charge is 0.157 e. The first-order valence-corrected chi connectivity index (χ1v) is 8.41. The predicted molar refractivity (Wildman–Crippen MR) is 102 cm³/mol. The van der Waals surface area contributed by atoms with Crippen LogP contribution in [0, 0.1) is 13.8 Å². The molecule has 0 fully saturated rings. The zero-order valence-corrected chi connectivity index (χ0v) is 14.4. The number of nitrogens with one attached hydrogen (secondary N) is 2. The molecule has 0 bridgehead atoms. The van der Waals surface area contributed by atoms with Gasteiger partial charge in [-0.3, -0.25) is 0 Å². The second-order valence-corrected chi connectivity index (χ2v) is 6.42. The van der Waals surface area contributed by atoms with E-state index in [1.165, 1.54) is 0 Å². The third-order valence-corrected chi connectivity index (χ3v) is 4.46. The van der Waals surface area contributed by atoms with E-state index in [1.807, 2.05) is 26.0 Å². The van der Waals surface area contributed by atoms with Crippen LogP contribution in [0.2, 0.25) is 0 Å². The minimum absolute atomic E-state index is 0.752. The first kappa shape index (κ1) is 14.8. The molecule has 0 spiro atoms. The summed E-state index contributed by atoms with van der Waals surface area (Å²) in [5, 5.41) is 0. The molecule has 5 rings (SSSR count). The minimum atomic E-state index is 0.752. The summed E-state index contributed by atoms with van der Waals surface area (Å²) in [6.07, 6.45) is 1.56. The molecular weight excluding hydrogens is 324 g/mol. The van der Waals surface area contributed by atoms with Gasteiger partial charge in [-0.25, -0.2) is 19.9 Å². The second kappa shape index (κ2) is 5.49. The van der Waals surface area contributed by atoms with Gasteiger partial charge in [0, 0.05) is 5.69 Å². The van der Waals surface area contributed by atoms with E-state index < -0.39 is 0 Å². The third kappa shape index (κ3) is 2.43. The molecule has 0 amide bonds. The molecule has 0 unspecified atom stereocenters. The van der Waals surface area contributed by atoms with E-state index in [4.69, 9.17) is 4.98 Å². The Labute approximate surface area is 149 Å². The van der Waals surface area contributed by atoms with Crippen LogP contribution in [-0.4, -0.2) is 29.9 Å². The molecule has 3 aromatic heterocycles. The molecule has 0 saturated carbocycles. The predicted octanol–water partition coefficient (Wildman–Crippen LogP) is 4.18. The monoisotopic (exact) mass is 340 g/mol. The highest BCUT2D eigenvalue weighted by molar-refractivity contribution is 5.87. The van der Waals surface area contributed by atoms with Crippen LogP contribution < -0.4 is 0 Å². The van der Waals surface area contributed by atoms with E-state index in [2.05, 4.69) is 55.3 Å². The summed E-state index contributed by atoms with van der Waals surface area (Å²) < 4.78 is 0. The molecule has 0 saturated heterocycles. The lowest BCUT2D eigenvalue weighted by Crippen LogP contribution is -1.89. The SMILES string of the molecule is Cc1cc(-c2nc3cc(-c4ccc5nc(C)[nH]c5c4)ccc3[nH]2)ncn1. The van der Waals surface area contributed by atoms with E-state index in [0.717, 1.165) is 56.2 Å². The van der Waals surface area contributed by atoms with E-state index in [1.54, 1.807) is 6.33 Å². The molecule has 126 valence electrons. The fourth-order valence-corrected chi connectivity index (χ4v) is 3.21. The molecule has 0 radical (unpaired) electrons. The van der Waals surface area contributed by atoms with Crippen LogP contribution in [-0.2, 0) is 0 Å². The quantitative estimate of drug-likeness (QED) is 0.505. The van der Waals surface area contributed by atoms with Crippen LogP contribution in [0.4, 0.5) is 0 Å². The van der Waals surface area contributed by atoms with Gasteiger partial charge < -0.3 is 9.97 Å². The first-order chi connectivity index (χ1) is 12.7. The number of benzene rings is 2. The molecule has 0 aliphatic rings. The van der Waals surface area contributed by atoms with Crippen molar-refractivity contribution in [3.63, 3.8) is 0 Å². The van der Waals surface area contributed by atoms with Gasteiger partial charge in [-0.05, 0) is 55.3 Å². The number of aryl methyl sites for hydroxylation is 2. The highest BCUT2D eigenvalue weighted by Crippen LogP contribution is 2.27. The maximum absolute atomic E-state index is 4.71. The van der Waals surface area contributed by atoms with E-state index in [0.29, 0.717) is 0 Å². The van der Waals surface area contributed by atoms with Crippen LogP contribution in [0.1, 0.15) is 11.5 Å². The average molecular weight is 340 g/mol. The van der Waals surface area contributed by atoms with Crippen molar-refractivity contribution >= 4 is 22.1 Å². The van der Waals surface area contributed by atoms with Crippen LogP contribution >= 0.6 is 0 Å². The number of hydrogen-bond acceptors (Lipinski definition) is 4. The summed E-state index contributed by atoms with van der Waals surface area (Å²) in [5.74, 6) is 1.67. The fourth-order valence-electron chi connectivity index (χ4n) is 3.21. The van der Waals surface area contributed by atoms with Gasteiger partial charge >= 0.3 is 0 Å². The fraction of sp³-hybridized carbons (Fsp3) is 0.100. The number of imidazole rings is 2. The van der Waals surface area contributed by atoms with Crippen molar-refractivity contribution in [2.24, 2.45) is 0 Å². The number of H-pyrrole nitrogens is 2. The van der Waals surface area contributed by atoms with Gasteiger partial charge in [0.15, 0.2) is 5.82 Å². The van der Waals surface area contributed by atoms with Gasteiger partial charge in [0.1, 0.15) is 17.8 Å². The Kier molecular flexibility index (Phi) is 3.12. The molecule has 2 aromatic carbocycles. The number of fused-ring (bicyclic) bond motifs is 2. The highest BCUT2D eigenvalue weighted by Gasteiger charge is 2.09. The van der Waals surface area contributed by atoms with Crippen LogP contribution in [0.25, 0.3) is 44.7 Å². The van der Waals surface area contributed by atoms with Crippen LogP contribution in [0.5, 0.6) is 0 Å². The molecule has 0 aliphatic carbocycles. The maximum atomic E-state index is 4.71. The van der Waals surface area contributed by atoms with Crippen LogP contribution in [0.3, 0.4) is 0 Å². The van der Waals surface area contributed by atoms with E-state index in [9.17, 15) is 0 Å². The van der Waals surface area contributed by atoms with Crippen molar-refractivity contribution in [1.29, 1.82) is 0 Å². The normalized spacial score (nSPS) is 11.5. The largest absolute Gasteiger partial charge is 0.342 e. The standard InChI is InChI=1S/C20H16N6/c1-11-7-19(22-10-21-11)20-25-16-6-4-14(9-18(16)26-20)13-3-5-15-17(8-13)24-12(2)23-15/h3-10H,1-2H3,(H,23,24)(H,25,26). The lowest BCUT2D eigenvalue weighted by atomic mass is 10.0. The topological polar surface area (TPSA) is 83.1 Å². The Balaban J connectivity index is 1.60. The van der Waals surface area contributed by atoms with Crippen molar-refractivity contribution in [2.45, 2.75) is 13.8 Å². The summed E-state index contributed by atoms with van der Waals surface area (Å²) in [5.41, 5.74) is 7.87. The summed E-state index contributed by atoms with van der Waals surface area (Å²) in [7, 11) is 0. The molecule has 5 aromatic rings. The van der Waals surface area contributed by atoms with Crippen molar-refractivity contribution in [3.05, 3.63) is 60.3 Å². The van der Waals surface area contributed by atoms with Gasteiger partial charge in [0.25, 0.3) is 0 Å². The number of aromatic amines is 2. The zero-order chi connectivity index (χ0) is 17.7. The Bertz CT molecular complexity index is 1260. The Morgan fingerprint density at radius 2 is 1.58 bits per heavy atom. The molecule has 2 N–H and O–H groups in total. The third-order valence-electron chi connectivity index (χ3n) is 4.46. The van der Waals surface area contributed by atoms with Gasteiger partial charge in [-0.2, -0.15) is 0 Å². The highest BCUT2D eigenvalue weighted by atomic mass is 15.0. The number of aromatic nitrogens is 6. The van der Waals surface area contributed by atoms with Crippen molar-refractivity contribution in [3.8, 4) is 22.6 Å². The molecular formula is C20H16N6. The summed E-state index contributed by atoms with van der Waals surface area (Å²) in [4.78, 5) is 24.2. The van der Waals surface area contributed by atoms with E-state index in [-0.39, 0.29) is 0 Å². The van der Waals surface area contributed by atoms with E-state index >= 15 is 0 Å². The van der Waals surface area contributed by atoms with Gasteiger partial charge in [0.05, 0.1) is 22.1 Å². The van der Waals surface area contributed by atoms with Crippen LogP contribution in [0.15, 0.2) is 48.8 Å². The summed E-state index contributed by atoms with van der Waals surface area (Å²) in [6, 6.07) is 14.4. The average Bonchev–Trinajstić information content (AvgIpc) is 3.22. The molecule has 0 aliphatic heterocycles. The minimum Gasteiger partial charge on any atom is -0.342 e. The molecule has 0 atom stereocenters. The maximum Gasteiger partial charge on any atom is 0.157 e. The molecule has 3 heterocycles. The lowest BCUT2D eigenvalue weighted by Gasteiger charge is -2.01. The number of rotatable bonds is 2. The number of hydrogen-bond donors (Lipinski definition) is 2. The van der Waals surface area contributed by atoms with Crippen molar-refractivity contribution in [1.82, 2.24) is 29.9 Å². The summed E-state index contributed by atoms with van der Waals surface area (Å²) >= 11 is 0. The Hall–Kier alpha value is -3.54. The lowest BCUT2D eigenvalue weighted by molar-refractivity contribution is 1.09. The summed E-state index contributed by atoms with van der Waals surface area (Å²) in [6.45, 7) is 3.91.